The van der Waals surface area contributed by atoms with Crippen molar-refractivity contribution in [1.29, 1.82) is 0 Å². The summed E-state index contributed by atoms with van der Waals surface area (Å²) in [6, 6.07) is 4.87. The highest BCUT2D eigenvalue weighted by Crippen LogP contribution is 2.11. The molecule has 0 bridgehead atoms. The second kappa shape index (κ2) is 9.59. The van der Waals surface area contributed by atoms with Crippen molar-refractivity contribution in [3.8, 4) is 0 Å². The van der Waals surface area contributed by atoms with Crippen LogP contribution >= 0.6 is 0 Å². The number of fused-ring (bicyclic) bond motifs is 1. The number of aliphatic carboxylic acids is 2. The number of rotatable bonds is 9. The number of aromatic nitrogens is 4. The molecular formula is C19H22N8O6+2. The predicted molar refractivity (Wildman–Crippen MR) is 113 cm³/mol. The molecule has 2 aromatic heterocycles. The van der Waals surface area contributed by atoms with Crippen molar-refractivity contribution in [3.05, 3.63) is 52.1 Å². The number of aromatic amines is 2. The number of benzene rings is 1. The van der Waals surface area contributed by atoms with Gasteiger partial charge in [-0.15, -0.1) is 4.98 Å². The van der Waals surface area contributed by atoms with Gasteiger partial charge in [-0.1, -0.05) is 0 Å². The fourth-order valence-electron chi connectivity index (χ4n) is 2.94. The normalized spacial score (nSPS) is 11.6. The Morgan fingerprint density at radius 1 is 1.21 bits per heavy atom. The van der Waals surface area contributed by atoms with Crippen LogP contribution in [0.3, 0.4) is 0 Å². The van der Waals surface area contributed by atoms with Crippen molar-refractivity contribution < 1.29 is 34.3 Å². The van der Waals surface area contributed by atoms with Crippen LogP contribution in [-0.2, 0) is 16.1 Å². The highest BCUT2D eigenvalue weighted by Gasteiger charge is 2.24. The zero-order valence-corrected chi connectivity index (χ0v) is 17.2. The average molecular weight is 458 g/mol. The molecule has 1 atom stereocenters. The quantitative estimate of drug-likeness (QED) is 0.137. The van der Waals surface area contributed by atoms with Crippen LogP contribution in [0.25, 0.3) is 11.2 Å². The number of nitrogens with two attached hydrogens (primary N) is 2. The molecule has 1 amide bonds. The summed E-state index contributed by atoms with van der Waals surface area (Å²) in [6.07, 6.45) is 0.943. The van der Waals surface area contributed by atoms with Gasteiger partial charge in [-0.25, -0.2) is 14.8 Å². The lowest BCUT2D eigenvalue weighted by Gasteiger charge is -2.14. The monoisotopic (exact) mass is 458 g/mol. The van der Waals surface area contributed by atoms with E-state index in [0.29, 0.717) is 11.4 Å². The Hall–Kier alpha value is -4.75. The second-order valence-electron chi connectivity index (χ2n) is 7.03. The highest BCUT2D eigenvalue weighted by atomic mass is 16.4. The van der Waals surface area contributed by atoms with Crippen molar-refractivity contribution >= 4 is 40.6 Å². The maximum absolute atomic E-state index is 12.3. The van der Waals surface area contributed by atoms with Crippen LogP contribution in [0.2, 0.25) is 0 Å². The van der Waals surface area contributed by atoms with E-state index in [1.54, 1.807) is 18.3 Å². The van der Waals surface area contributed by atoms with Crippen LogP contribution in [0.15, 0.2) is 35.3 Å². The SMILES string of the molecule is Nc1[nH]c(=O)c2nc(CNc3ccc(C(=O)N[C@@H](CCC(=O)O)C(=O)O)cc3)c[nH+]c2[n+]1N. The van der Waals surface area contributed by atoms with Crippen molar-refractivity contribution in [3.63, 3.8) is 0 Å². The van der Waals surface area contributed by atoms with E-state index < -0.39 is 29.4 Å². The third kappa shape index (κ3) is 5.49. The van der Waals surface area contributed by atoms with Crippen molar-refractivity contribution in [2.24, 2.45) is 0 Å². The Labute approximate surface area is 185 Å². The molecule has 10 N–H and O–H groups in total. The number of carboxylic acid groups (broad SMARTS) is 2. The first-order valence-corrected chi connectivity index (χ1v) is 9.65. The molecule has 0 aliphatic rings. The average Bonchev–Trinajstić information content (AvgIpc) is 2.78. The lowest BCUT2D eigenvalue weighted by Crippen LogP contribution is -2.53. The molecule has 0 unspecified atom stereocenters. The molecule has 14 nitrogen and oxygen atoms in total. The van der Waals surface area contributed by atoms with E-state index in [2.05, 4.69) is 25.6 Å². The second-order valence-corrected chi connectivity index (χ2v) is 7.03. The number of carbonyl (C=O) groups excluding carboxylic acids is 1. The minimum Gasteiger partial charge on any atom is -0.481 e. The van der Waals surface area contributed by atoms with E-state index in [4.69, 9.17) is 21.8 Å². The van der Waals surface area contributed by atoms with Crippen LogP contribution in [0, 0.1) is 0 Å². The molecular weight excluding hydrogens is 436 g/mol. The summed E-state index contributed by atoms with van der Waals surface area (Å²) in [6.45, 7) is 0.239. The third-order valence-corrected chi connectivity index (χ3v) is 4.68. The first-order valence-electron chi connectivity index (χ1n) is 9.65. The lowest BCUT2D eigenvalue weighted by atomic mass is 10.1. The third-order valence-electron chi connectivity index (χ3n) is 4.68. The minimum atomic E-state index is -1.32. The van der Waals surface area contributed by atoms with Gasteiger partial charge in [-0.3, -0.25) is 14.4 Å². The van der Waals surface area contributed by atoms with Crippen molar-refractivity contribution in [2.45, 2.75) is 25.4 Å². The van der Waals surface area contributed by atoms with Gasteiger partial charge in [0.25, 0.3) is 17.0 Å². The molecule has 0 fully saturated rings. The summed E-state index contributed by atoms with van der Waals surface area (Å²) in [4.78, 5) is 55.7. The first kappa shape index (κ1) is 22.9. The molecule has 33 heavy (non-hydrogen) atoms. The molecule has 3 rings (SSSR count). The van der Waals surface area contributed by atoms with E-state index in [1.807, 2.05) is 0 Å². The lowest BCUT2D eigenvalue weighted by molar-refractivity contribution is -0.643. The summed E-state index contributed by atoms with van der Waals surface area (Å²) in [5, 5.41) is 23.2. The zero-order chi connectivity index (χ0) is 24.1. The number of carboxylic acids is 2. The Kier molecular flexibility index (Phi) is 6.66. The molecule has 0 spiro atoms. The number of hydrogen-bond acceptors (Lipinski definition) is 8. The first-order chi connectivity index (χ1) is 15.7. The molecule has 1 aromatic carbocycles. The largest absolute Gasteiger partial charge is 0.505 e. The topological polar surface area (TPSA) is 232 Å². The Morgan fingerprint density at radius 3 is 2.55 bits per heavy atom. The summed E-state index contributed by atoms with van der Waals surface area (Å²) >= 11 is 0. The number of nitrogens with zero attached hydrogens (tertiary/aromatic N) is 2. The van der Waals surface area contributed by atoms with E-state index in [0.717, 1.165) is 4.68 Å². The molecule has 0 saturated heterocycles. The highest BCUT2D eigenvalue weighted by molar-refractivity contribution is 5.96. The van der Waals surface area contributed by atoms with Crippen molar-refractivity contribution in [1.82, 2.24) is 15.3 Å². The number of carbonyl (C=O) groups is 3. The van der Waals surface area contributed by atoms with Gasteiger partial charge in [0.1, 0.15) is 11.7 Å². The predicted octanol–water partition coefficient (Wildman–Crippen LogP) is -2.02. The summed E-state index contributed by atoms with van der Waals surface area (Å²) in [5.74, 6) is 2.62. The smallest absolute Gasteiger partial charge is 0.481 e. The molecule has 0 aliphatic heterocycles. The summed E-state index contributed by atoms with van der Waals surface area (Å²) in [5.41, 5.74) is 6.77. The van der Waals surface area contributed by atoms with Crippen LogP contribution in [0.1, 0.15) is 28.9 Å². The van der Waals surface area contributed by atoms with Crippen LogP contribution in [0.5, 0.6) is 0 Å². The Balaban J connectivity index is 1.65. The van der Waals surface area contributed by atoms with Gasteiger partial charge in [-0.05, 0) is 30.7 Å². The number of nitrogen functional groups attached to an aromatic ring is 2. The Morgan fingerprint density at radius 2 is 1.91 bits per heavy atom. The van der Waals surface area contributed by atoms with E-state index >= 15 is 0 Å². The van der Waals surface area contributed by atoms with Crippen LogP contribution < -0.4 is 37.4 Å². The van der Waals surface area contributed by atoms with Crippen LogP contribution in [0.4, 0.5) is 11.6 Å². The Bertz CT molecular complexity index is 1270. The molecule has 172 valence electrons. The van der Waals surface area contributed by atoms with Gasteiger partial charge >= 0.3 is 23.5 Å². The van der Waals surface area contributed by atoms with Gasteiger partial charge in [-0.2, -0.15) is 5.84 Å². The fraction of sp³-hybridized carbons (Fsp3) is 0.211. The van der Waals surface area contributed by atoms with E-state index in [-0.39, 0.29) is 42.1 Å². The van der Waals surface area contributed by atoms with Gasteiger partial charge in [0, 0.05) is 22.3 Å². The summed E-state index contributed by atoms with van der Waals surface area (Å²) < 4.78 is 1.07. The van der Waals surface area contributed by atoms with E-state index in [9.17, 15) is 19.2 Å². The van der Waals surface area contributed by atoms with E-state index in [1.165, 1.54) is 12.1 Å². The molecule has 0 aliphatic carbocycles. The molecule has 3 aromatic rings. The number of nitrogens with one attached hydrogen (secondary N) is 4. The molecule has 0 saturated carbocycles. The summed E-state index contributed by atoms with van der Waals surface area (Å²) in [7, 11) is 0. The molecule has 2 heterocycles. The standard InChI is InChI=1S/C19H20N8O6/c20-19-26-17(31)14-15(27(19)21)23-8-11(24-14)7-22-10-3-1-9(2-4-10)16(30)25-12(18(32)33)5-6-13(28)29/h1-4,8,12H,5-7,21H2,(H6,20,22,25,26,28,29,30,31,32,33)/p+2/t12-/m0/s1. The van der Waals surface area contributed by atoms with Gasteiger partial charge in [0.05, 0.1) is 6.54 Å². The number of hydrogen-bond donors (Lipinski definition) is 7. The van der Waals surface area contributed by atoms with Crippen LogP contribution in [-0.4, -0.2) is 44.1 Å². The number of amides is 1. The van der Waals surface area contributed by atoms with Gasteiger partial charge in [0.15, 0.2) is 6.20 Å². The number of anilines is 2. The zero-order valence-electron chi connectivity index (χ0n) is 17.2. The fourth-order valence-corrected chi connectivity index (χ4v) is 2.94. The van der Waals surface area contributed by atoms with Gasteiger partial charge < -0.3 is 26.6 Å². The molecule has 0 radical (unpaired) electrons. The number of H-pyrrole nitrogens is 2. The van der Waals surface area contributed by atoms with Gasteiger partial charge in [0.2, 0.25) is 0 Å². The van der Waals surface area contributed by atoms with Crippen molar-refractivity contribution in [2.75, 3.05) is 16.9 Å². The minimum absolute atomic E-state index is 0.0305. The maximum atomic E-state index is 12.3. The maximum Gasteiger partial charge on any atom is 0.505 e. The molecule has 14 heteroatoms.